The van der Waals surface area contributed by atoms with E-state index in [0.717, 1.165) is 12.2 Å². The van der Waals surface area contributed by atoms with Crippen molar-refractivity contribution in [2.24, 2.45) is 0 Å². The first-order valence-electron chi connectivity index (χ1n) is 4.77. The SMILES string of the molecule is C[NH2+]CCCc1cccc(OC)c1. The fourth-order valence-corrected chi connectivity index (χ4v) is 1.34. The highest BCUT2D eigenvalue weighted by molar-refractivity contribution is 5.28. The third kappa shape index (κ3) is 3.47. The van der Waals surface area contributed by atoms with Gasteiger partial charge in [0.05, 0.1) is 20.7 Å². The van der Waals surface area contributed by atoms with Gasteiger partial charge in [0, 0.05) is 6.42 Å². The van der Waals surface area contributed by atoms with Crippen molar-refractivity contribution in [3.8, 4) is 5.75 Å². The number of quaternary nitrogens is 1. The van der Waals surface area contributed by atoms with Crippen molar-refractivity contribution in [2.45, 2.75) is 12.8 Å². The van der Waals surface area contributed by atoms with Gasteiger partial charge in [-0.05, 0) is 24.1 Å². The fourth-order valence-electron chi connectivity index (χ4n) is 1.34. The first-order valence-corrected chi connectivity index (χ1v) is 4.77. The molecular weight excluding hydrogens is 162 g/mol. The van der Waals surface area contributed by atoms with Gasteiger partial charge in [-0.25, -0.2) is 0 Å². The van der Waals surface area contributed by atoms with E-state index in [2.05, 4.69) is 24.5 Å². The van der Waals surface area contributed by atoms with Gasteiger partial charge in [-0.3, -0.25) is 0 Å². The molecule has 0 unspecified atom stereocenters. The highest BCUT2D eigenvalue weighted by Crippen LogP contribution is 2.13. The number of rotatable bonds is 5. The number of methoxy groups -OCH3 is 1. The van der Waals surface area contributed by atoms with Crippen LogP contribution in [0.25, 0.3) is 0 Å². The molecule has 0 aromatic heterocycles. The maximum absolute atomic E-state index is 5.15. The van der Waals surface area contributed by atoms with Crippen LogP contribution in [0.1, 0.15) is 12.0 Å². The Bertz CT molecular complexity index is 248. The molecule has 0 aliphatic carbocycles. The van der Waals surface area contributed by atoms with Gasteiger partial charge >= 0.3 is 0 Å². The van der Waals surface area contributed by atoms with Crippen molar-refractivity contribution < 1.29 is 10.1 Å². The van der Waals surface area contributed by atoms with Crippen molar-refractivity contribution >= 4 is 0 Å². The summed E-state index contributed by atoms with van der Waals surface area (Å²) < 4.78 is 5.15. The number of nitrogens with two attached hydrogens (primary N) is 1. The maximum Gasteiger partial charge on any atom is 0.119 e. The summed E-state index contributed by atoms with van der Waals surface area (Å²) in [4.78, 5) is 0. The fraction of sp³-hybridized carbons (Fsp3) is 0.455. The summed E-state index contributed by atoms with van der Waals surface area (Å²) in [5.41, 5.74) is 1.36. The van der Waals surface area contributed by atoms with Crippen molar-refractivity contribution in [3.05, 3.63) is 29.8 Å². The number of aryl methyl sites for hydroxylation is 1. The van der Waals surface area contributed by atoms with Crippen LogP contribution < -0.4 is 10.1 Å². The normalized spacial score (nSPS) is 10.0. The number of hydrogen-bond acceptors (Lipinski definition) is 1. The minimum Gasteiger partial charge on any atom is -0.497 e. The zero-order valence-electron chi connectivity index (χ0n) is 8.42. The van der Waals surface area contributed by atoms with E-state index in [-0.39, 0.29) is 0 Å². The van der Waals surface area contributed by atoms with Gasteiger partial charge in [-0.1, -0.05) is 12.1 Å². The quantitative estimate of drug-likeness (QED) is 0.667. The average molecular weight is 180 g/mol. The van der Waals surface area contributed by atoms with Crippen molar-refractivity contribution in [3.63, 3.8) is 0 Å². The van der Waals surface area contributed by atoms with Crippen LogP contribution >= 0.6 is 0 Å². The molecule has 13 heavy (non-hydrogen) atoms. The molecule has 0 saturated carbocycles. The van der Waals surface area contributed by atoms with Crippen LogP contribution in [0.4, 0.5) is 0 Å². The van der Waals surface area contributed by atoms with Crippen molar-refractivity contribution in [1.82, 2.24) is 0 Å². The van der Waals surface area contributed by atoms with E-state index in [1.54, 1.807) is 7.11 Å². The van der Waals surface area contributed by atoms with Crippen LogP contribution in [0.15, 0.2) is 24.3 Å². The van der Waals surface area contributed by atoms with Crippen LogP contribution in [-0.2, 0) is 6.42 Å². The summed E-state index contributed by atoms with van der Waals surface area (Å²) in [6.07, 6.45) is 2.37. The van der Waals surface area contributed by atoms with Gasteiger partial charge in [-0.15, -0.1) is 0 Å². The Morgan fingerprint density at radius 2 is 2.23 bits per heavy atom. The van der Waals surface area contributed by atoms with E-state index in [1.807, 2.05) is 12.1 Å². The molecule has 0 spiro atoms. The summed E-state index contributed by atoms with van der Waals surface area (Å²) in [6.45, 7) is 1.19. The van der Waals surface area contributed by atoms with Crippen LogP contribution in [-0.4, -0.2) is 20.7 Å². The smallest absolute Gasteiger partial charge is 0.119 e. The molecule has 0 heterocycles. The number of hydrogen-bond donors (Lipinski definition) is 1. The lowest BCUT2D eigenvalue weighted by Crippen LogP contribution is -2.79. The molecule has 2 heteroatoms. The predicted octanol–water partition coefficient (Wildman–Crippen LogP) is 0.821. The van der Waals surface area contributed by atoms with E-state index in [9.17, 15) is 0 Å². The zero-order valence-corrected chi connectivity index (χ0v) is 8.42. The second-order valence-electron chi connectivity index (χ2n) is 3.15. The van der Waals surface area contributed by atoms with E-state index in [0.29, 0.717) is 0 Å². The molecule has 0 radical (unpaired) electrons. The van der Waals surface area contributed by atoms with Crippen LogP contribution in [0.2, 0.25) is 0 Å². The van der Waals surface area contributed by atoms with Gasteiger partial charge in [-0.2, -0.15) is 0 Å². The molecule has 0 fully saturated rings. The van der Waals surface area contributed by atoms with Crippen molar-refractivity contribution in [1.29, 1.82) is 0 Å². The molecule has 0 amide bonds. The average Bonchev–Trinajstić information content (AvgIpc) is 2.19. The Morgan fingerprint density at radius 1 is 1.38 bits per heavy atom. The summed E-state index contributed by atoms with van der Waals surface area (Å²) in [5.74, 6) is 0.956. The highest BCUT2D eigenvalue weighted by atomic mass is 16.5. The molecule has 0 aliphatic rings. The zero-order chi connectivity index (χ0) is 9.52. The summed E-state index contributed by atoms with van der Waals surface area (Å²) in [6, 6.07) is 8.28. The lowest BCUT2D eigenvalue weighted by molar-refractivity contribution is -0.627. The Labute approximate surface area is 79.9 Å². The molecule has 0 aliphatic heterocycles. The van der Waals surface area contributed by atoms with Crippen molar-refractivity contribution in [2.75, 3.05) is 20.7 Å². The summed E-state index contributed by atoms with van der Waals surface area (Å²) in [7, 11) is 3.81. The molecule has 2 N–H and O–H groups in total. The summed E-state index contributed by atoms with van der Waals surface area (Å²) in [5, 5.41) is 2.21. The van der Waals surface area contributed by atoms with Gasteiger partial charge in [0.25, 0.3) is 0 Å². The van der Waals surface area contributed by atoms with E-state index in [4.69, 9.17) is 4.74 Å². The minimum atomic E-state index is 0.956. The largest absolute Gasteiger partial charge is 0.497 e. The summed E-state index contributed by atoms with van der Waals surface area (Å²) >= 11 is 0. The molecule has 1 aromatic carbocycles. The molecule has 1 aromatic rings. The van der Waals surface area contributed by atoms with Crippen LogP contribution in [0, 0.1) is 0 Å². The van der Waals surface area contributed by atoms with Crippen LogP contribution in [0.3, 0.4) is 0 Å². The van der Waals surface area contributed by atoms with E-state index in [1.165, 1.54) is 18.5 Å². The Morgan fingerprint density at radius 3 is 2.92 bits per heavy atom. The first kappa shape index (κ1) is 10.1. The van der Waals surface area contributed by atoms with E-state index < -0.39 is 0 Å². The van der Waals surface area contributed by atoms with Gasteiger partial charge in [0.2, 0.25) is 0 Å². The molecule has 0 saturated heterocycles. The topological polar surface area (TPSA) is 25.8 Å². The second-order valence-corrected chi connectivity index (χ2v) is 3.15. The van der Waals surface area contributed by atoms with Gasteiger partial charge in [0.1, 0.15) is 5.75 Å². The standard InChI is InChI=1S/C11H17NO/c1-12-8-4-6-10-5-3-7-11(9-10)13-2/h3,5,7,9,12H,4,6,8H2,1-2H3/p+1. The molecule has 72 valence electrons. The van der Waals surface area contributed by atoms with E-state index >= 15 is 0 Å². The lowest BCUT2D eigenvalue weighted by Gasteiger charge is -2.03. The molecule has 2 nitrogen and oxygen atoms in total. The second kappa shape index (κ2) is 5.60. The molecule has 0 bridgehead atoms. The Balaban J connectivity index is 2.46. The third-order valence-corrected chi connectivity index (χ3v) is 2.09. The monoisotopic (exact) mass is 180 g/mol. The lowest BCUT2D eigenvalue weighted by atomic mass is 10.1. The van der Waals surface area contributed by atoms with Gasteiger partial charge < -0.3 is 10.1 Å². The molecular formula is C11H18NO+. The number of benzene rings is 1. The molecule has 0 atom stereocenters. The Hall–Kier alpha value is -1.02. The number of ether oxygens (including phenoxy) is 1. The molecule has 1 rings (SSSR count). The predicted molar refractivity (Wildman–Crippen MR) is 54.0 cm³/mol. The third-order valence-electron chi connectivity index (χ3n) is 2.09. The Kier molecular flexibility index (Phi) is 4.33. The highest BCUT2D eigenvalue weighted by Gasteiger charge is 1.95. The minimum absolute atomic E-state index is 0.956. The first-order chi connectivity index (χ1) is 6.36. The van der Waals surface area contributed by atoms with Crippen LogP contribution in [0.5, 0.6) is 5.75 Å². The maximum atomic E-state index is 5.15. The van der Waals surface area contributed by atoms with Gasteiger partial charge in [0.15, 0.2) is 0 Å².